The summed E-state index contributed by atoms with van der Waals surface area (Å²) in [6.07, 6.45) is 7.92. The number of benzene rings is 6. The predicted molar refractivity (Wildman–Crippen MR) is 276 cm³/mol. The first-order valence-corrected chi connectivity index (χ1v) is 23.6. The van der Waals surface area contributed by atoms with Gasteiger partial charge in [0, 0.05) is 55.9 Å². The van der Waals surface area contributed by atoms with Crippen LogP contribution in [0.2, 0.25) is 0 Å². The summed E-state index contributed by atoms with van der Waals surface area (Å²) in [6.45, 7) is 29.6. The molecule has 0 atom stereocenters. The van der Waals surface area contributed by atoms with Crippen molar-refractivity contribution in [3.8, 4) is 28.7 Å². The SMILES string of the molecule is CC(C)(C)c1cc(-[n+]2[c-]n(-c3[c-]c(Oc4[c-]c5c(c(C(C)(C)c6ccccc6)c4)c4ccccc4n5-c4cc(C(C)(C)C)ccn4)ccc3)cc2C(C)(C)c2ccccc2)cc(C(C)(C)C)c1.[Pt]. The van der Waals surface area contributed by atoms with Crippen LogP contribution in [0, 0.1) is 18.5 Å². The monoisotopic (exact) mass is 1080 g/mol. The molecule has 0 spiro atoms. The fourth-order valence-corrected chi connectivity index (χ4v) is 9.29. The van der Waals surface area contributed by atoms with E-state index in [4.69, 9.17) is 9.72 Å². The molecule has 0 aliphatic rings. The number of nitrogens with zero attached hydrogens (tertiary/aromatic N) is 4. The van der Waals surface area contributed by atoms with Crippen LogP contribution < -0.4 is 9.30 Å². The van der Waals surface area contributed by atoms with Crippen molar-refractivity contribution in [2.24, 2.45) is 0 Å². The average molecular weight is 1080 g/mol. The number of hydrogen-bond donors (Lipinski definition) is 0. The molecule has 0 aliphatic carbocycles. The van der Waals surface area contributed by atoms with Gasteiger partial charge in [-0.05, 0) is 90.9 Å². The fraction of sp³-hybridized carbons (Fsp3) is 0.290. The Kier molecular flexibility index (Phi) is 12.7. The third kappa shape index (κ3) is 9.15. The topological polar surface area (TPSA) is 35.9 Å². The molecule has 0 N–H and O–H groups in total. The summed E-state index contributed by atoms with van der Waals surface area (Å²) in [7, 11) is 0. The molecule has 0 aliphatic heterocycles. The van der Waals surface area contributed by atoms with E-state index in [1.54, 1.807) is 0 Å². The third-order valence-electron chi connectivity index (χ3n) is 13.6. The van der Waals surface area contributed by atoms with Crippen molar-refractivity contribution >= 4 is 21.8 Å². The molecule has 6 aromatic carbocycles. The Morgan fingerprint density at radius 2 is 1.12 bits per heavy atom. The van der Waals surface area contributed by atoms with Crippen molar-refractivity contribution in [2.75, 3.05) is 0 Å². The molecule has 3 aromatic heterocycles. The first-order valence-electron chi connectivity index (χ1n) is 23.6. The van der Waals surface area contributed by atoms with Gasteiger partial charge in [0.2, 0.25) is 0 Å². The number of pyridine rings is 1. The van der Waals surface area contributed by atoms with Gasteiger partial charge in [0.25, 0.3) is 6.33 Å². The summed E-state index contributed by atoms with van der Waals surface area (Å²) < 4.78 is 13.5. The van der Waals surface area contributed by atoms with Crippen molar-refractivity contribution in [3.63, 3.8) is 0 Å². The molecule has 0 saturated carbocycles. The minimum Gasteiger partial charge on any atom is -0.510 e. The first-order chi connectivity index (χ1) is 31.6. The van der Waals surface area contributed by atoms with Gasteiger partial charge in [-0.3, -0.25) is 4.57 Å². The summed E-state index contributed by atoms with van der Waals surface area (Å²) in [5.74, 6) is 2.02. The largest absolute Gasteiger partial charge is 0.510 e. The number of imidazole rings is 1. The van der Waals surface area contributed by atoms with Gasteiger partial charge in [-0.15, -0.1) is 29.8 Å². The molecule has 9 aromatic rings. The van der Waals surface area contributed by atoms with E-state index < -0.39 is 5.41 Å². The van der Waals surface area contributed by atoms with Crippen LogP contribution in [0.25, 0.3) is 39.0 Å². The smallest absolute Gasteiger partial charge is 0.267 e. The number of hydrogen-bond acceptors (Lipinski definition) is 2. The van der Waals surface area contributed by atoms with E-state index in [2.05, 4.69) is 256 Å². The van der Waals surface area contributed by atoms with Gasteiger partial charge in [-0.2, -0.15) is 12.1 Å². The van der Waals surface area contributed by atoms with Crippen LogP contribution in [0.1, 0.15) is 129 Å². The van der Waals surface area contributed by atoms with Crippen molar-refractivity contribution in [1.29, 1.82) is 0 Å². The normalized spacial score (nSPS) is 12.7. The quantitative estimate of drug-likeness (QED) is 0.107. The number of aromatic nitrogens is 4. The van der Waals surface area contributed by atoms with E-state index in [-0.39, 0.29) is 42.7 Å². The molecule has 350 valence electrons. The molecule has 0 amide bonds. The maximum Gasteiger partial charge on any atom is 0.267 e. The van der Waals surface area contributed by atoms with Crippen molar-refractivity contribution in [1.82, 2.24) is 14.1 Å². The Balaban J connectivity index is 0.00000625. The Bertz CT molecular complexity index is 3230. The van der Waals surface area contributed by atoms with Crippen LogP contribution in [0.4, 0.5) is 0 Å². The Morgan fingerprint density at radius 1 is 0.529 bits per heavy atom. The maximum absolute atomic E-state index is 6.97. The van der Waals surface area contributed by atoms with Gasteiger partial charge in [0.15, 0.2) is 0 Å². The second-order valence-corrected chi connectivity index (χ2v) is 22.3. The Morgan fingerprint density at radius 3 is 1.74 bits per heavy atom. The minimum atomic E-state index is -0.402. The zero-order valence-electron chi connectivity index (χ0n) is 41.9. The molecule has 3 heterocycles. The average Bonchev–Trinajstić information content (AvgIpc) is 3.90. The van der Waals surface area contributed by atoms with Crippen molar-refractivity contribution in [2.45, 2.75) is 117 Å². The van der Waals surface area contributed by atoms with E-state index in [1.165, 1.54) is 27.8 Å². The van der Waals surface area contributed by atoms with Crippen LogP contribution in [0.5, 0.6) is 11.5 Å². The van der Waals surface area contributed by atoms with E-state index in [1.807, 2.05) is 18.3 Å². The molecule has 0 unspecified atom stereocenters. The molecular formula is C62H64N4OPt-2. The number of para-hydroxylation sites is 1. The first kappa shape index (κ1) is 48.4. The van der Waals surface area contributed by atoms with E-state index >= 15 is 0 Å². The number of fused-ring (bicyclic) bond motifs is 3. The fourth-order valence-electron chi connectivity index (χ4n) is 9.29. The second kappa shape index (κ2) is 17.8. The number of rotatable bonds is 9. The summed E-state index contributed by atoms with van der Waals surface area (Å²) in [5, 5.41) is 2.27. The molecule has 0 radical (unpaired) electrons. The van der Waals surface area contributed by atoms with Crippen LogP contribution >= 0.6 is 0 Å². The number of ether oxygens (including phenoxy) is 1. The molecule has 0 fully saturated rings. The minimum absolute atomic E-state index is 0. The van der Waals surface area contributed by atoms with Gasteiger partial charge < -0.3 is 13.9 Å². The zero-order valence-corrected chi connectivity index (χ0v) is 44.2. The molecular weight excluding hydrogens is 1010 g/mol. The molecule has 6 heteroatoms. The van der Waals surface area contributed by atoms with E-state index in [0.29, 0.717) is 11.5 Å². The van der Waals surface area contributed by atoms with Gasteiger partial charge in [-0.25, -0.2) is 4.98 Å². The van der Waals surface area contributed by atoms with Gasteiger partial charge in [0.1, 0.15) is 5.82 Å². The Hall–Kier alpha value is -6.03. The second-order valence-electron chi connectivity index (χ2n) is 22.3. The Labute approximate surface area is 419 Å². The van der Waals surface area contributed by atoms with Crippen LogP contribution in [0.15, 0.2) is 152 Å². The molecule has 5 nitrogen and oxygen atoms in total. The summed E-state index contributed by atoms with van der Waals surface area (Å²) >= 11 is 0. The molecule has 0 saturated heterocycles. The van der Waals surface area contributed by atoms with E-state index in [0.717, 1.165) is 50.3 Å². The van der Waals surface area contributed by atoms with Gasteiger partial charge in [-0.1, -0.05) is 186 Å². The molecule has 0 bridgehead atoms. The van der Waals surface area contributed by atoms with Gasteiger partial charge >= 0.3 is 0 Å². The maximum atomic E-state index is 6.97. The van der Waals surface area contributed by atoms with E-state index in [9.17, 15) is 0 Å². The predicted octanol–water partition coefficient (Wildman–Crippen LogP) is 15.0. The van der Waals surface area contributed by atoms with Crippen LogP contribution in [-0.2, 0) is 48.1 Å². The summed E-state index contributed by atoms with van der Waals surface area (Å²) in [6, 6.07) is 57.2. The van der Waals surface area contributed by atoms with Crippen molar-refractivity contribution in [3.05, 3.63) is 209 Å². The zero-order chi connectivity index (χ0) is 47.7. The van der Waals surface area contributed by atoms with Crippen LogP contribution in [-0.4, -0.2) is 14.1 Å². The third-order valence-corrected chi connectivity index (χ3v) is 13.6. The molecule has 9 rings (SSSR count). The molecule has 68 heavy (non-hydrogen) atoms. The standard InChI is InChI=1S/C62H64N4O.Pt/c1-58(2,3)44-31-32-63-56(36-44)66-53-30-21-20-29-51(53)57-52(61(10,11)42-23-16-14-17-24-42)38-50(39-54(57)66)67-49-28-22-27-47(37-49)64-40-55(62(12,13)43-25-18-15-19-26-43)65(41-64)48-34-45(59(4,5)6)33-46(35-48)60(7,8)9;/h14-36,38,40H,1-13H3;/q-2;. The van der Waals surface area contributed by atoms with Gasteiger partial charge in [0.05, 0.1) is 11.4 Å². The summed E-state index contributed by atoms with van der Waals surface area (Å²) in [4.78, 5) is 4.99. The summed E-state index contributed by atoms with van der Waals surface area (Å²) in [5.41, 5.74) is 11.4. The van der Waals surface area contributed by atoms with Crippen molar-refractivity contribution < 1.29 is 30.4 Å². The van der Waals surface area contributed by atoms with Crippen LogP contribution in [0.3, 0.4) is 0 Å².